The summed E-state index contributed by atoms with van der Waals surface area (Å²) in [6.45, 7) is 3.72. The van der Waals surface area contributed by atoms with Crippen LogP contribution in [0.15, 0.2) is 53.4 Å². The Bertz CT molecular complexity index is 967. The molecule has 7 heteroatoms. The molecule has 1 aliphatic heterocycles. The van der Waals surface area contributed by atoms with Crippen molar-refractivity contribution in [2.75, 3.05) is 26.7 Å². The van der Waals surface area contributed by atoms with Crippen LogP contribution in [0.3, 0.4) is 0 Å². The zero-order valence-corrected chi connectivity index (χ0v) is 18.5. The predicted octanol–water partition coefficient (Wildman–Crippen LogP) is 3.48. The number of benzene rings is 2. The number of carbonyl (C=O) groups is 1. The third kappa shape index (κ3) is 5.61. The number of carbonyl (C=O) groups excluding carboxylic acids is 1. The van der Waals surface area contributed by atoms with Crippen LogP contribution in [0.25, 0.3) is 0 Å². The van der Waals surface area contributed by atoms with Gasteiger partial charge in [0.25, 0.3) is 5.91 Å². The topological polar surface area (TPSA) is 75.7 Å². The van der Waals surface area contributed by atoms with Gasteiger partial charge in [0.1, 0.15) is 5.75 Å². The molecule has 0 saturated carbocycles. The molecule has 1 N–H and O–H groups in total. The van der Waals surface area contributed by atoms with Crippen molar-refractivity contribution in [1.29, 1.82) is 0 Å². The molecule has 0 unspecified atom stereocenters. The Balaban J connectivity index is 1.56. The summed E-state index contributed by atoms with van der Waals surface area (Å²) in [5.74, 6) is 1.10. The van der Waals surface area contributed by atoms with Crippen LogP contribution in [0, 0.1) is 5.92 Å². The van der Waals surface area contributed by atoms with Crippen LogP contribution in [0.5, 0.6) is 5.75 Å². The molecule has 2 aromatic rings. The molecule has 1 saturated heterocycles. The van der Waals surface area contributed by atoms with Crippen LogP contribution in [0.4, 0.5) is 0 Å². The van der Waals surface area contributed by atoms with Gasteiger partial charge in [-0.2, -0.15) is 4.31 Å². The highest BCUT2D eigenvalue weighted by molar-refractivity contribution is 7.89. The first-order valence-corrected chi connectivity index (χ1v) is 11.9. The molecule has 6 nitrogen and oxygen atoms in total. The second-order valence-corrected chi connectivity index (χ2v) is 9.76. The quantitative estimate of drug-likeness (QED) is 0.651. The Kier molecular flexibility index (Phi) is 7.50. The van der Waals surface area contributed by atoms with E-state index in [-0.39, 0.29) is 10.8 Å². The second-order valence-electron chi connectivity index (χ2n) is 7.83. The van der Waals surface area contributed by atoms with Gasteiger partial charge in [0.15, 0.2) is 0 Å². The first-order chi connectivity index (χ1) is 14.4. The van der Waals surface area contributed by atoms with Crippen LogP contribution in [0.1, 0.15) is 42.1 Å². The Morgan fingerprint density at radius 2 is 1.87 bits per heavy atom. The van der Waals surface area contributed by atoms with Gasteiger partial charge in [0.2, 0.25) is 10.0 Å². The number of hydrogen-bond acceptors (Lipinski definition) is 4. The van der Waals surface area contributed by atoms with E-state index in [0.717, 1.165) is 37.0 Å². The highest BCUT2D eigenvalue weighted by Crippen LogP contribution is 2.24. The molecule has 0 aromatic heterocycles. The van der Waals surface area contributed by atoms with Crippen LogP contribution in [-0.2, 0) is 16.4 Å². The molecule has 30 heavy (non-hydrogen) atoms. The van der Waals surface area contributed by atoms with Gasteiger partial charge >= 0.3 is 0 Å². The van der Waals surface area contributed by atoms with Crippen molar-refractivity contribution in [3.05, 3.63) is 59.7 Å². The first kappa shape index (κ1) is 22.3. The van der Waals surface area contributed by atoms with Crippen molar-refractivity contribution in [1.82, 2.24) is 9.62 Å². The normalized spacial score (nSPS) is 15.7. The number of rotatable bonds is 8. The molecule has 1 amide bonds. The average molecular weight is 431 g/mol. The van der Waals surface area contributed by atoms with Crippen molar-refractivity contribution in [2.24, 2.45) is 5.92 Å². The van der Waals surface area contributed by atoms with Gasteiger partial charge in [-0.15, -0.1) is 0 Å². The number of ether oxygens (including phenoxy) is 1. The van der Waals surface area contributed by atoms with E-state index in [4.69, 9.17) is 4.74 Å². The molecular weight excluding hydrogens is 400 g/mol. The average Bonchev–Trinajstić information content (AvgIpc) is 2.77. The number of methoxy groups -OCH3 is 1. The molecule has 0 atom stereocenters. The monoisotopic (exact) mass is 430 g/mol. The largest absolute Gasteiger partial charge is 0.497 e. The summed E-state index contributed by atoms with van der Waals surface area (Å²) in [7, 11) is -1.93. The highest BCUT2D eigenvalue weighted by Gasteiger charge is 2.28. The van der Waals surface area contributed by atoms with E-state index in [1.807, 2.05) is 24.3 Å². The second kappa shape index (κ2) is 10.1. The van der Waals surface area contributed by atoms with E-state index in [1.54, 1.807) is 25.3 Å². The van der Waals surface area contributed by atoms with Gasteiger partial charge in [-0.05, 0) is 67.5 Å². The van der Waals surface area contributed by atoms with Gasteiger partial charge < -0.3 is 10.1 Å². The van der Waals surface area contributed by atoms with E-state index in [2.05, 4.69) is 12.2 Å². The van der Waals surface area contributed by atoms with Gasteiger partial charge in [-0.1, -0.05) is 25.1 Å². The molecule has 162 valence electrons. The van der Waals surface area contributed by atoms with Crippen LogP contribution in [0.2, 0.25) is 0 Å². The predicted molar refractivity (Wildman–Crippen MR) is 117 cm³/mol. The van der Waals surface area contributed by atoms with Crippen LogP contribution in [-0.4, -0.2) is 45.4 Å². The van der Waals surface area contributed by atoms with E-state index in [9.17, 15) is 13.2 Å². The van der Waals surface area contributed by atoms with Crippen molar-refractivity contribution in [3.63, 3.8) is 0 Å². The Hall–Kier alpha value is -2.38. The van der Waals surface area contributed by atoms with E-state index < -0.39 is 10.0 Å². The maximum atomic E-state index is 12.9. The van der Waals surface area contributed by atoms with E-state index >= 15 is 0 Å². The molecule has 1 fully saturated rings. The maximum absolute atomic E-state index is 12.9. The summed E-state index contributed by atoms with van der Waals surface area (Å²) in [6, 6.07) is 14.2. The lowest BCUT2D eigenvalue weighted by Crippen LogP contribution is -2.38. The zero-order valence-electron chi connectivity index (χ0n) is 17.6. The molecule has 3 rings (SSSR count). The van der Waals surface area contributed by atoms with Crippen molar-refractivity contribution >= 4 is 15.9 Å². The van der Waals surface area contributed by atoms with E-state index in [0.29, 0.717) is 31.1 Å². The number of aryl methyl sites for hydroxylation is 1. The van der Waals surface area contributed by atoms with E-state index in [1.165, 1.54) is 10.4 Å². The van der Waals surface area contributed by atoms with Crippen molar-refractivity contribution in [3.8, 4) is 5.75 Å². The summed E-state index contributed by atoms with van der Waals surface area (Å²) in [5, 5.41) is 2.88. The minimum Gasteiger partial charge on any atom is -0.497 e. The number of nitrogens with zero attached hydrogens (tertiary/aromatic N) is 1. The molecular formula is C23H30N2O4S. The molecule has 0 aliphatic carbocycles. The number of hydrogen-bond donors (Lipinski definition) is 1. The smallest absolute Gasteiger partial charge is 0.251 e. The summed E-state index contributed by atoms with van der Waals surface area (Å²) < 4.78 is 32.6. The third-order valence-corrected chi connectivity index (χ3v) is 7.43. The number of sulfonamides is 1. The maximum Gasteiger partial charge on any atom is 0.251 e. The van der Waals surface area contributed by atoms with Gasteiger partial charge in [0.05, 0.1) is 12.0 Å². The fourth-order valence-corrected chi connectivity index (χ4v) is 5.11. The zero-order chi connectivity index (χ0) is 21.6. The third-order valence-electron chi connectivity index (χ3n) is 5.54. The Labute approximate surface area is 179 Å². The number of piperidine rings is 1. The van der Waals surface area contributed by atoms with Gasteiger partial charge in [-0.3, -0.25) is 4.79 Å². The molecule has 1 heterocycles. The lowest BCUT2D eigenvalue weighted by molar-refractivity contribution is 0.0953. The molecule has 0 spiro atoms. The Morgan fingerprint density at radius 3 is 2.60 bits per heavy atom. The minimum absolute atomic E-state index is 0.182. The lowest BCUT2D eigenvalue weighted by atomic mass is 10.0. The van der Waals surface area contributed by atoms with Crippen LogP contribution >= 0.6 is 0 Å². The highest BCUT2D eigenvalue weighted by atomic mass is 32.2. The minimum atomic E-state index is -3.57. The fraction of sp³-hybridized carbons (Fsp3) is 0.435. The Morgan fingerprint density at radius 1 is 1.13 bits per heavy atom. The molecule has 1 aliphatic rings. The number of nitrogens with one attached hydrogen (secondary N) is 1. The number of amides is 1. The summed E-state index contributed by atoms with van der Waals surface area (Å²) in [4.78, 5) is 12.7. The fourth-order valence-electron chi connectivity index (χ4n) is 3.60. The standard InChI is InChI=1S/C23H30N2O4S/c1-18-11-14-25(15-12-18)30(27,28)22-10-4-8-20(17-22)23(26)24-13-5-7-19-6-3-9-21(16-19)29-2/h3-4,6,8-10,16-18H,5,7,11-15H2,1-2H3,(H,24,26). The molecule has 2 aromatic carbocycles. The summed E-state index contributed by atoms with van der Waals surface area (Å²) in [6.07, 6.45) is 3.33. The van der Waals surface area contributed by atoms with Gasteiger partial charge in [-0.25, -0.2) is 8.42 Å². The van der Waals surface area contributed by atoms with Crippen molar-refractivity contribution < 1.29 is 17.9 Å². The van der Waals surface area contributed by atoms with Gasteiger partial charge in [0, 0.05) is 25.2 Å². The van der Waals surface area contributed by atoms with Crippen molar-refractivity contribution in [2.45, 2.75) is 37.5 Å². The summed E-state index contributed by atoms with van der Waals surface area (Å²) >= 11 is 0. The first-order valence-electron chi connectivity index (χ1n) is 10.4. The molecule has 0 bridgehead atoms. The van der Waals surface area contributed by atoms with Crippen LogP contribution < -0.4 is 10.1 Å². The summed E-state index contributed by atoms with van der Waals surface area (Å²) in [5.41, 5.74) is 1.51. The molecule has 0 radical (unpaired) electrons. The SMILES string of the molecule is COc1cccc(CCCNC(=O)c2cccc(S(=O)(=O)N3CCC(C)CC3)c2)c1. The lowest BCUT2D eigenvalue weighted by Gasteiger charge is -2.29.